The van der Waals surface area contributed by atoms with Crippen LogP contribution in [0.2, 0.25) is 0 Å². The Hall–Kier alpha value is -0.940. The SMILES string of the molecule is CCO[C@@H]1C[C@@H](COC(C)C)N(C(=O)CCCC(=O)C(C)C)C1. The van der Waals surface area contributed by atoms with Crippen LogP contribution in [0.3, 0.4) is 0 Å². The van der Waals surface area contributed by atoms with E-state index in [1.807, 2.05) is 39.5 Å². The molecule has 0 aliphatic carbocycles. The van der Waals surface area contributed by atoms with Crippen molar-refractivity contribution in [1.29, 1.82) is 0 Å². The van der Waals surface area contributed by atoms with Crippen molar-refractivity contribution in [3.05, 3.63) is 0 Å². The highest BCUT2D eigenvalue weighted by Gasteiger charge is 2.35. The van der Waals surface area contributed by atoms with Gasteiger partial charge in [-0.3, -0.25) is 9.59 Å². The summed E-state index contributed by atoms with van der Waals surface area (Å²) >= 11 is 0. The third-order valence-electron chi connectivity index (χ3n) is 4.18. The largest absolute Gasteiger partial charge is 0.377 e. The van der Waals surface area contributed by atoms with Gasteiger partial charge in [0, 0.05) is 31.9 Å². The number of rotatable bonds is 10. The zero-order valence-electron chi connectivity index (χ0n) is 15.3. The average molecular weight is 327 g/mol. The molecule has 0 bridgehead atoms. The molecule has 5 heteroatoms. The number of ether oxygens (including phenoxy) is 2. The number of amides is 1. The second-order valence-electron chi connectivity index (χ2n) is 6.87. The number of carbonyl (C=O) groups is 2. The summed E-state index contributed by atoms with van der Waals surface area (Å²) in [6.45, 7) is 11.6. The lowest BCUT2D eigenvalue weighted by Crippen LogP contribution is -2.39. The summed E-state index contributed by atoms with van der Waals surface area (Å²) in [7, 11) is 0. The molecule has 0 spiro atoms. The summed E-state index contributed by atoms with van der Waals surface area (Å²) in [6.07, 6.45) is 2.62. The predicted octanol–water partition coefficient (Wildman–Crippen LogP) is 2.81. The summed E-state index contributed by atoms with van der Waals surface area (Å²) < 4.78 is 11.4. The molecule has 0 aromatic carbocycles. The number of hydrogen-bond donors (Lipinski definition) is 0. The Kier molecular flexibility index (Phi) is 8.77. The van der Waals surface area contributed by atoms with Crippen molar-refractivity contribution in [2.75, 3.05) is 19.8 Å². The van der Waals surface area contributed by atoms with Gasteiger partial charge in [0.2, 0.25) is 5.91 Å². The Labute approximate surface area is 140 Å². The molecule has 0 radical (unpaired) electrons. The van der Waals surface area contributed by atoms with Gasteiger partial charge in [0.25, 0.3) is 0 Å². The lowest BCUT2D eigenvalue weighted by atomic mass is 10.0. The quantitative estimate of drug-likeness (QED) is 0.619. The van der Waals surface area contributed by atoms with Gasteiger partial charge in [0.15, 0.2) is 0 Å². The van der Waals surface area contributed by atoms with E-state index in [0.29, 0.717) is 39.0 Å². The Morgan fingerprint density at radius 3 is 2.43 bits per heavy atom. The molecule has 0 N–H and O–H groups in total. The first kappa shape index (κ1) is 20.1. The Morgan fingerprint density at radius 1 is 1.17 bits per heavy atom. The van der Waals surface area contributed by atoms with Crippen LogP contribution in [0.5, 0.6) is 0 Å². The van der Waals surface area contributed by atoms with Crippen LogP contribution >= 0.6 is 0 Å². The van der Waals surface area contributed by atoms with Crippen LogP contribution < -0.4 is 0 Å². The minimum Gasteiger partial charge on any atom is -0.377 e. The lowest BCUT2D eigenvalue weighted by molar-refractivity contribution is -0.134. The molecule has 1 heterocycles. The van der Waals surface area contributed by atoms with E-state index in [1.54, 1.807) is 0 Å². The van der Waals surface area contributed by atoms with Crippen LogP contribution in [0.4, 0.5) is 0 Å². The Morgan fingerprint density at radius 2 is 1.87 bits per heavy atom. The fourth-order valence-electron chi connectivity index (χ4n) is 2.84. The molecular weight excluding hydrogens is 294 g/mol. The Balaban J connectivity index is 2.50. The molecule has 2 atom stereocenters. The number of likely N-dealkylation sites (tertiary alicyclic amines) is 1. The first-order chi connectivity index (χ1) is 10.8. The van der Waals surface area contributed by atoms with Gasteiger partial charge in [-0.2, -0.15) is 0 Å². The molecule has 0 aromatic heterocycles. The zero-order valence-corrected chi connectivity index (χ0v) is 15.3. The van der Waals surface area contributed by atoms with Gasteiger partial charge < -0.3 is 14.4 Å². The van der Waals surface area contributed by atoms with Crippen LogP contribution in [0.1, 0.15) is 60.3 Å². The van der Waals surface area contributed by atoms with Gasteiger partial charge >= 0.3 is 0 Å². The zero-order chi connectivity index (χ0) is 17.4. The molecular formula is C18H33NO4. The second kappa shape index (κ2) is 10.0. The standard InChI is InChI=1S/C18H33NO4/c1-6-22-16-10-15(12-23-14(4)5)19(11-16)18(21)9-7-8-17(20)13(2)3/h13-16H,6-12H2,1-5H3/t15-,16+/m0/s1. The van der Waals surface area contributed by atoms with E-state index in [0.717, 1.165) is 6.42 Å². The minimum atomic E-state index is 0.0476. The van der Waals surface area contributed by atoms with E-state index in [4.69, 9.17) is 9.47 Å². The number of ketones is 1. The second-order valence-corrected chi connectivity index (χ2v) is 6.87. The van der Waals surface area contributed by atoms with Gasteiger partial charge in [-0.15, -0.1) is 0 Å². The fraction of sp³-hybridized carbons (Fsp3) is 0.889. The van der Waals surface area contributed by atoms with Crippen molar-refractivity contribution in [3.63, 3.8) is 0 Å². The van der Waals surface area contributed by atoms with Crippen molar-refractivity contribution >= 4 is 11.7 Å². The molecule has 1 saturated heterocycles. The van der Waals surface area contributed by atoms with Crippen LogP contribution in [0.15, 0.2) is 0 Å². The highest BCUT2D eigenvalue weighted by molar-refractivity contribution is 5.81. The minimum absolute atomic E-state index is 0.0476. The molecule has 0 aromatic rings. The van der Waals surface area contributed by atoms with E-state index in [-0.39, 0.29) is 35.9 Å². The molecule has 0 saturated carbocycles. The summed E-state index contributed by atoms with van der Waals surface area (Å²) in [5.41, 5.74) is 0. The van der Waals surface area contributed by atoms with Crippen LogP contribution in [0.25, 0.3) is 0 Å². The van der Waals surface area contributed by atoms with Crippen LogP contribution in [0, 0.1) is 5.92 Å². The van der Waals surface area contributed by atoms with Crippen molar-refractivity contribution in [2.24, 2.45) is 5.92 Å². The van der Waals surface area contributed by atoms with Crippen molar-refractivity contribution < 1.29 is 19.1 Å². The number of carbonyl (C=O) groups excluding carboxylic acids is 2. The predicted molar refractivity (Wildman–Crippen MR) is 90.3 cm³/mol. The Bertz CT molecular complexity index is 381. The number of Topliss-reactive ketones (excluding diaryl/α,β-unsaturated/α-hetero) is 1. The molecule has 1 rings (SSSR count). The van der Waals surface area contributed by atoms with Gasteiger partial charge in [-0.25, -0.2) is 0 Å². The number of nitrogens with zero attached hydrogens (tertiary/aromatic N) is 1. The molecule has 23 heavy (non-hydrogen) atoms. The molecule has 5 nitrogen and oxygen atoms in total. The highest BCUT2D eigenvalue weighted by atomic mass is 16.5. The first-order valence-electron chi connectivity index (χ1n) is 8.90. The van der Waals surface area contributed by atoms with Crippen LogP contribution in [-0.4, -0.2) is 54.6 Å². The van der Waals surface area contributed by atoms with Crippen molar-refractivity contribution in [1.82, 2.24) is 4.90 Å². The van der Waals surface area contributed by atoms with E-state index in [2.05, 4.69) is 0 Å². The fourth-order valence-corrected chi connectivity index (χ4v) is 2.84. The average Bonchev–Trinajstić information content (AvgIpc) is 2.88. The van der Waals surface area contributed by atoms with Crippen LogP contribution in [-0.2, 0) is 19.1 Å². The van der Waals surface area contributed by atoms with E-state index < -0.39 is 0 Å². The van der Waals surface area contributed by atoms with Crippen molar-refractivity contribution in [3.8, 4) is 0 Å². The summed E-state index contributed by atoms with van der Waals surface area (Å²) in [5, 5.41) is 0. The van der Waals surface area contributed by atoms with E-state index in [9.17, 15) is 9.59 Å². The smallest absolute Gasteiger partial charge is 0.223 e. The summed E-state index contributed by atoms with van der Waals surface area (Å²) in [4.78, 5) is 26.1. The van der Waals surface area contributed by atoms with Gasteiger partial charge in [0.05, 0.1) is 24.9 Å². The summed E-state index contributed by atoms with van der Waals surface area (Å²) in [5.74, 6) is 0.388. The topological polar surface area (TPSA) is 55.8 Å². The molecule has 1 fully saturated rings. The molecule has 134 valence electrons. The normalized spacial score (nSPS) is 21.4. The van der Waals surface area contributed by atoms with Gasteiger partial charge in [-0.1, -0.05) is 13.8 Å². The maximum Gasteiger partial charge on any atom is 0.223 e. The third kappa shape index (κ3) is 7.00. The first-order valence-corrected chi connectivity index (χ1v) is 8.90. The molecule has 1 amide bonds. The van der Waals surface area contributed by atoms with Gasteiger partial charge in [-0.05, 0) is 33.6 Å². The monoisotopic (exact) mass is 327 g/mol. The molecule has 1 aliphatic heterocycles. The lowest BCUT2D eigenvalue weighted by Gasteiger charge is -2.25. The third-order valence-corrected chi connectivity index (χ3v) is 4.18. The number of hydrogen-bond acceptors (Lipinski definition) is 4. The van der Waals surface area contributed by atoms with E-state index >= 15 is 0 Å². The molecule has 1 aliphatic rings. The highest BCUT2D eigenvalue weighted by Crippen LogP contribution is 2.23. The maximum atomic E-state index is 12.5. The van der Waals surface area contributed by atoms with Gasteiger partial charge in [0.1, 0.15) is 5.78 Å². The van der Waals surface area contributed by atoms with E-state index in [1.165, 1.54) is 0 Å². The summed E-state index contributed by atoms with van der Waals surface area (Å²) in [6, 6.07) is 0.0854. The van der Waals surface area contributed by atoms with Crippen molar-refractivity contribution in [2.45, 2.75) is 78.6 Å². The maximum absolute atomic E-state index is 12.5. The molecule has 0 unspecified atom stereocenters.